The zero-order valence-electron chi connectivity index (χ0n) is 18.4. The van der Waals surface area contributed by atoms with Crippen molar-refractivity contribution in [3.8, 4) is 0 Å². The van der Waals surface area contributed by atoms with E-state index in [1.165, 1.54) is 0 Å². The first-order valence-corrected chi connectivity index (χ1v) is 10.8. The third-order valence-electron chi connectivity index (χ3n) is 5.07. The molecule has 0 aliphatic carbocycles. The molecule has 0 fully saturated rings. The molecule has 7 nitrogen and oxygen atoms in total. The quantitative estimate of drug-likeness (QED) is 0.517. The maximum atomic E-state index is 13.1. The Kier molecular flexibility index (Phi) is 6.50. The first kappa shape index (κ1) is 22.6. The molecule has 1 N–H and O–H groups in total. The third kappa shape index (κ3) is 4.20. The molecule has 0 bridgehead atoms. The van der Waals surface area contributed by atoms with Gasteiger partial charge in [-0.2, -0.15) is 0 Å². The summed E-state index contributed by atoms with van der Waals surface area (Å²) in [7, 11) is 0. The number of rotatable bonds is 6. The fourth-order valence-corrected chi connectivity index (χ4v) is 4.38. The van der Waals surface area contributed by atoms with Gasteiger partial charge in [0.1, 0.15) is 15.5 Å². The molecule has 0 spiro atoms. The van der Waals surface area contributed by atoms with E-state index < -0.39 is 17.8 Å². The molecular weight excluding hydrogens is 418 g/mol. The van der Waals surface area contributed by atoms with Crippen LogP contribution in [0.5, 0.6) is 0 Å². The highest BCUT2D eigenvalue weighted by Gasteiger charge is 2.28. The van der Waals surface area contributed by atoms with Crippen molar-refractivity contribution in [1.82, 2.24) is 0 Å². The number of thiophene rings is 1. The van der Waals surface area contributed by atoms with Crippen molar-refractivity contribution in [2.45, 2.75) is 41.5 Å². The van der Waals surface area contributed by atoms with Crippen molar-refractivity contribution >= 4 is 45.2 Å². The van der Waals surface area contributed by atoms with Gasteiger partial charge in [-0.1, -0.05) is 0 Å². The SMILES string of the molecule is CCOC(=O)c1sc(NC(=O)c2oc3cc(C)c(C)cc3c2C)c(C(=O)OCC)c1C. The number of furan rings is 1. The number of nitrogens with one attached hydrogen (secondary N) is 1. The van der Waals surface area contributed by atoms with Gasteiger partial charge in [-0.25, -0.2) is 9.59 Å². The van der Waals surface area contributed by atoms with Crippen LogP contribution in [-0.4, -0.2) is 31.1 Å². The van der Waals surface area contributed by atoms with Gasteiger partial charge in [-0.15, -0.1) is 11.3 Å². The lowest BCUT2D eigenvalue weighted by molar-refractivity contribution is 0.0527. The maximum absolute atomic E-state index is 13.1. The van der Waals surface area contributed by atoms with Crippen LogP contribution in [0.1, 0.15) is 66.7 Å². The average molecular weight is 444 g/mol. The fraction of sp³-hybridized carbons (Fsp3) is 0.348. The molecule has 3 rings (SSSR count). The lowest BCUT2D eigenvalue weighted by Gasteiger charge is -2.06. The number of esters is 2. The highest BCUT2D eigenvalue weighted by atomic mass is 32.1. The van der Waals surface area contributed by atoms with E-state index in [1.807, 2.05) is 32.9 Å². The van der Waals surface area contributed by atoms with Crippen LogP contribution in [0.3, 0.4) is 0 Å². The Bertz CT molecular complexity index is 1190. The Morgan fingerprint density at radius 3 is 2.19 bits per heavy atom. The normalized spacial score (nSPS) is 10.9. The number of carbonyl (C=O) groups excluding carboxylic acids is 3. The second-order valence-corrected chi connectivity index (χ2v) is 8.16. The summed E-state index contributed by atoms with van der Waals surface area (Å²) in [5, 5.41) is 3.81. The molecule has 164 valence electrons. The van der Waals surface area contributed by atoms with Crippen LogP contribution in [0.25, 0.3) is 11.0 Å². The van der Waals surface area contributed by atoms with Crippen LogP contribution in [0.4, 0.5) is 5.00 Å². The van der Waals surface area contributed by atoms with E-state index >= 15 is 0 Å². The molecule has 0 aliphatic heterocycles. The zero-order valence-corrected chi connectivity index (χ0v) is 19.2. The van der Waals surface area contributed by atoms with E-state index in [0.717, 1.165) is 27.8 Å². The van der Waals surface area contributed by atoms with Crippen LogP contribution >= 0.6 is 11.3 Å². The number of hydrogen-bond acceptors (Lipinski definition) is 7. The largest absolute Gasteiger partial charge is 0.462 e. The number of fused-ring (bicyclic) bond motifs is 1. The van der Waals surface area contributed by atoms with Crippen molar-refractivity contribution in [2.75, 3.05) is 18.5 Å². The Morgan fingerprint density at radius 1 is 0.935 bits per heavy atom. The topological polar surface area (TPSA) is 94.8 Å². The molecule has 0 saturated carbocycles. The monoisotopic (exact) mass is 443 g/mol. The molecule has 8 heteroatoms. The number of carbonyl (C=O) groups is 3. The second kappa shape index (κ2) is 8.93. The van der Waals surface area contributed by atoms with Gasteiger partial charge in [0.05, 0.1) is 18.8 Å². The Balaban J connectivity index is 2.03. The summed E-state index contributed by atoms with van der Waals surface area (Å²) in [6.45, 7) is 11.2. The van der Waals surface area contributed by atoms with Gasteiger partial charge in [0.15, 0.2) is 5.76 Å². The average Bonchev–Trinajstić information content (AvgIpc) is 3.20. The van der Waals surface area contributed by atoms with Crippen LogP contribution in [0.15, 0.2) is 16.5 Å². The molecule has 0 aliphatic rings. The molecule has 31 heavy (non-hydrogen) atoms. The number of amides is 1. The molecule has 1 aromatic carbocycles. The van der Waals surface area contributed by atoms with Gasteiger partial charge < -0.3 is 19.2 Å². The minimum absolute atomic E-state index is 0.142. The summed E-state index contributed by atoms with van der Waals surface area (Å²) in [4.78, 5) is 38.1. The highest BCUT2D eigenvalue weighted by Crippen LogP contribution is 2.35. The highest BCUT2D eigenvalue weighted by molar-refractivity contribution is 7.18. The van der Waals surface area contributed by atoms with Gasteiger partial charge in [-0.05, 0) is 70.4 Å². The molecule has 1 amide bonds. The second-order valence-electron chi connectivity index (χ2n) is 7.14. The van der Waals surface area contributed by atoms with Crippen molar-refractivity contribution in [2.24, 2.45) is 0 Å². The number of benzene rings is 1. The van der Waals surface area contributed by atoms with E-state index in [1.54, 1.807) is 20.8 Å². The summed E-state index contributed by atoms with van der Waals surface area (Å²) in [5.41, 5.74) is 4.03. The lowest BCUT2D eigenvalue weighted by Crippen LogP contribution is -2.15. The molecular formula is C23H25NO6S. The van der Waals surface area contributed by atoms with E-state index in [-0.39, 0.29) is 34.4 Å². The first-order chi connectivity index (χ1) is 14.7. The molecule has 0 atom stereocenters. The molecule has 0 saturated heterocycles. The van der Waals surface area contributed by atoms with Crippen LogP contribution in [0.2, 0.25) is 0 Å². The molecule has 3 aromatic rings. The van der Waals surface area contributed by atoms with Crippen LogP contribution in [0, 0.1) is 27.7 Å². The van der Waals surface area contributed by atoms with Gasteiger partial charge in [0, 0.05) is 10.9 Å². The van der Waals surface area contributed by atoms with Crippen LogP contribution in [-0.2, 0) is 9.47 Å². The zero-order chi connectivity index (χ0) is 22.9. The van der Waals surface area contributed by atoms with Crippen molar-refractivity contribution in [3.63, 3.8) is 0 Å². The summed E-state index contributed by atoms with van der Waals surface area (Å²) in [6, 6.07) is 3.88. The van der Waals surface area contributed by atoms with Crippen molar-refractivity contribution in [1.29, 1.82) is 0 Å². The Labute approximate surface area is 184 Å². The summed E-state index contributed by atoms with van der Waals surface area (Å²) in [6.07, 6.45) is 0. The van der Waals surface area contributed by atoms with Crippen LogP contribution < -0.4 is 5.32 Å². The Morgan fingerprint density at radius 2 is 1.55 bits per heavy atom. The molecule has 2 heterocycles. The number of anilines is 1. The molecule has 0 unspecified atom stereocenters. The number of aryl methyl sites for hydroxylation is 3. The summed E-state index contributed by atoms with van der Waals surface area (Å²) in [5.74, 6) is -1.53. The maximum Gasteiger partial charge on any atom is 0.348 e. The van der Waals surface area contributed by atoms with Crippen molar-refractivity contribution < 1.29 is 28.3 Å². The first-order valence-electron chi connectivity index (χ1n) is 9.98. The molecule has 2 aromatic heterocycles. The number of ether oxygens (including phenoxy) is 2. The predicted octanol–water partition coefficient (Wildman–Crippen LogP) is 5.33. The Hall–Kier alpha value is -3.13. The minimum atomic E-state index is -0.616. The van der Waals surface area contributed by atoms with E-state index in [4.69, 9.17) is 13.9 Å². The van der Waals surface area contributed by atoms with E-state index in [2.05, 4.69) is 5.32 Å². The van der Waals surface area contributed by atoms with E-state index in [9.17, 15) is 14.4 Å². The summed E-state index contributed by atoms with van der Waals surface area (Å²) >= 11 is 0.980. The van der Waals surface area contributed by atoms with E-state index in [0.29, 0.717) is 16.7 Å². The summed E-state index contributed by atoms with van der Waals surface area (Å²) < 4.78 is 16.0. The predicted molar refractivity (Wildman–Crippen MR) is 119 cm³/mol. The van der Waals surface area contributed by atoms with Gasteiger partial charge >= 0.3 is 11.9 Å². The lowest BCUT2D eigenvalue weighted by atomic mass is 10.0. The van der Waals surface area contributed by atoms with Gasteiger partial charge in [0.25, 0.3) is 5.91 Å². The number of hydrogen-bond donors (Lipinski definition) is 1. The van der Waals surface area contributed by atoms with Gasteiger partial charge in [-0.3, -0.25) is 4.79 Å². The third-order valence-corrected chi connectivity index (χ3v) is 6.26. The van der Waals surface area contributed by atoms with Crippen molar-refractivity contribution in [3.05, 3.63) is 50.6 Å². The molecule has 0 radical (unpaired) electrons. The fourth-order valence-electron chi connectivity index (χ4n) is 3.29. The minimum Gasteiger partial charge on any atom is -0.462 e. The van der Waals surface area contributed by atoms with Gasteiger partial charge in [0.2, 0.25) is 0 Å². The standard InChI is InChI=1S/C23H25NO6S/c1-7-28-22(26)17-14(6)19(23(27)29-8-2)31-21(17)24-20(25)18-13(5)15-9-11(3)12(4)10-16(15)30-18/h9-10H,7-8H2,1-6H3,(H,24,25). The smallest absolute Gasteiger partial charge is 0.348 e.